The third kappa shape index (κ3) is 4.64. The first-order valence-corrected chi connectivity index (χ1v) is 15.4. The number of hydrogen-bond donors (Lipinski definition) is 1. The lowest BCUT2D eigenvalue weighted by Crippen LogP contribution is -2.56. The Balaban J connectivity index is 1.30. The molecule has 0 aliphatic carbocycles. The minimum atomic E-state index is -1.08. The van der Waals surface area contributed by atoms with Gasteiger partial charge in [0.15, 0.2) is 5.78 Å². The van der Waals surface area contributed by atoms with E-state index in [2.05, 4.69) is 10.2 Å². The summed E-state index contributed by atoms with van der Waals surface area (Å²) in [5.74, 6) is -0.879. The number of benzene rings is 3. The summed E-state index contributed by atoms with van der Waals surface area (Å²) in [6.45, 7) is 5.21. The molecule has 3 saturated heterocycles. The zero-order chi connectivity index (χ0) is 29.9. The standard InChI is InChI=1S/C36H34ClN3O3/c1-22-5-9-24(10-6-22)16-26-20-39(21-27(33(26)41)17-25-11-7-23(2)8-12-25)34(42)31-19-29-4-3-15-40(29)36(31)30-14-13-28(37)18-32(30)38-35(36)43/h5-14,16-18,29,31H,3-4,15,19-21H2,1-2H3,(H,38,43)/b26-16+,27-17+/t29-,31-,36+/m1/s1. The van der Waals surface area contributed by atoms with Gasteiger partial charge >= 0.3 is 0 Å². The van der Waals surface area contributed by atoms with E-state index in [1.807, 2.05) is 80.6 Å². The second kappa shape index (κ2) is 10.6. The van der Waals surface area contributed by atoms with Crippen molar-refractivity contribution in [3.8, 4) is 0 Å². The summed E-state index contributed by atoms with van der Waals surface area (Å²) in [5, 5.41) is 3.60. The molecular weight excluding hydrogens is 558 g/mol. The zero-order valence-corrected chi connectivity index (χ0v) is 25.2. The fraction of sp³-hybridized carbons (Fsp3) is 0.306. The number of nitrogens with one attached hydrogen (secondary N) is 1. The molecule has 3 atom stereocenters. The molecule has 43 heavy (non-hydrogen) atoms. The van der Waals surface area contributed by atoms with Gasteiger partial charge in [0.1, 0.15) is 5.54 Å². The molecule has 0 aromatic heterocycles. The number of amides is 2. The Hall–Kier alpha value is -4.00. The Bertz CT molecular complexity index is 1640. The number of nitrogens with zero attached hydrogens (tertiary/aromatic N) is 2. The second-order valence-corrected chi connectivity index (χ2v) is 12.8. The molecule has 6 nitrogen and oxygen atoms in total. The minimum absolute atomic E-state index is 0.0504. The van der Waals surface area contributed by atoms with Crippen LogP contribution in [0.5, 0.6) is 0 Å². The van der Waals surface area contributed by atoms with Crippen LogP contribution in [0.1, 0.15) is 47.1 Å². The van der Waals surface area contributed by atoms with Crippen LogP contribution >= 0.6 is 11.6 Å². The fourth-order valence-corrected chi connectivity index (χ4v) is 7.71. The molecule has 1 spiro atoms. The number of aryl methyl sites for hydroxylation is 2. The highest BCUT2D eigenvalue weighted by Crippen LogP contribution is 2.56. The summed E-state index contributed by atoms with van der Waals surface area (Å²) in [7, 11) is 0. The van der Waals surface area contributed by atoms with E-state index in [1.54, 1.807) is 17.0 Å². The van der Waals surface area contributed by atoms with Crippen molar-refractivity contribution >= 4 is 47.0 Å². The number of Topliss-reactive ketones (excluding diaryl/α,β-unsaturated/α-hetero) is 1. The number of ketones is 1. The van der Waals surface area contributed by atoms with Crippen molar-refractivity contribution in [2.45, 2.75) is 44.7 Å². The van der Waals surface area contributed by atoms with Crippen LogP contribution < -0.4 is 5.32 Å². The summed E-state index contributed by atoms with van der Waals surface area (Å²) in [5.41, 5.74) is 5.65. The van der Waals surface area contributed by atoms with Crippen LogP contribution in [0.25, 0.3) is 12.2 Å². The number of rotatable bonds is 3. The van der Waals surface area contributed by atoms with Crippen LogP contribution in [0.4, 0.5) is 5.69 Å². The summed E-state index contributed by atoms with van der Waals surface area (Å²) >= 11 is 6.31. The first-order valence-electron chi connectivity index (χ1n) is 15.0. The third-order valence-electron chi connectivity index (χ3n) is 9.58. The van der Waals surface area contributed by atoms with E-state index >= 15 is 0 Å². The van der Waals surface area contributed by atoms with E-state index in [-0.39, 0.29) is 36.7 Å². The molecule has 1 N–H and O–H groups in total. The van der Waals surface area contributed by atoms with E-state index in [4.69, 9.17) is 11.6 Å². The molecule has 3 fully saturated rings. The van der Waals surface area contributed by atoms with Crippen LogP contribution in [-0.4, -0.2) is 53.1 Å². The maximum Gasteiger partial charge on any atom is 0.250 e. The van der Waals surface area contributed by atoms with E-state index in [0.717, 1.165) is 47.2 Å². The number of fused-ring (bicyclic) bond motifs is 4. The first-order chi connectivity index (χ1) is 20.7. The monoisotopic (exact) mass is 591 g/mol. The van der Waals surface area contributed by atoms with Crippen LogP contribution in [-0.2, 0) is 19.9 Å². The molecule has 7 heteroatoms. The van der Waals surface area contributed by atoms with Gasteiger partial charge in [-0.2, -0.15) is 0 Å². The highest BCUT2D eigenvalue weighted by molar-refractivity contribution is 6.31. The fourth-order valence-electron chi connectivity index (χ4n) is 7.53. The molecule has 0 saturated carbocycles. The van der Waals surface area contributed by atoms with E-state index in [1.165, 1.54) is 0 Å². The van der Waals surface area contributed by atoms with Gasteiger partial charge in [-0.1, -0.05) is 77.3 Å². The Labute approximate surface area is 257 Å². The minimum Gasteiger partial charge on any atom is -0.333 e. The van der Waals surface area contributed by atoms with Crippen molar-refractivity contribution in [1.29, 1.82) is 0 Å². The van der Waals surface area contributed by atoms with Gasteiger partial charge in [0, 0.05) is 46.6 Å². The van der Waals surface area contributed by atoms with Crippen molar-refractivity contribution in [3.63, 3.8) is 0 Å². The predicted molar refractivity (Wildman–Crippen MR) is 169 cm³/mol. The molecule has 4 heterocycles. The van der Waals surface area contributed by atoms with E-state index in [0.29, 0.717) is 28.3 Å². The van der Waals surface area contributed by atoms with Gasteiger partial charge in [-0.25, -0.2) is 0 Å². The van der Waals surface area contributed by atoms with Crippen LogP contribution in [0, 0.1) is 19.8 Å². The maximum atomic E-state index is 14.7. The molecule has 4 aliphatic heterocycles. The lowest BCUT2D eigenvalue weighted by molar-refractivity contribution is -0.144. The van der Waals surface area contributed by atoms with Crippen molar-refractivity contribution in [1.82, 2.24) is 9.80 Å². The smallest absolute Gasteiger partial charge is 0.250 e. The number of anilines is 1. The third-order valence-corrected chi connectivity index (χ3v) is 9.82. The molecule has 0 bridgehead atoms. The molecule has 218 valence electrons. The summed E-state index contributed by atoms with van der Waals surface area (Å²) in [4.78, 5) is 46.6. The molecule has 7 rings (SSSR count). The normalized spacial score (nSPS) is 26.8. The quantitative estimate of drug-likeness (QED) is 0.370. The van der Waals surface area contributed by atoms with Gasteiger partial charge in [0.25, 0.3) is 0 Å². The molecule has 0 unspecified atom stereocenters. The Morgan fingerprint density at radius 2 is 1.51 bits per heavy atom. The molecular formula is C36H34ClN3O3. The highest BCUT2D eigenvalue weighted by Gasteiger charge is 2.66. The molecule has 2 amide bonds. The summed E-state index contributed by atoms with van der Waals surface area (Å²) in [6, 6.07) is 21.7. The predicted octanol–water partition coefficient (Wildman–Crippen LogP) is 6.17. The van der Waals surface area contributed by atoms with Crippen molar-refractivity contribution in [3.05, 3.63) is 111 Å². The molecule has 4 aliphatic rings. The number of piperidine rings is 1. The average molecular weight is 592 g/mol. The second-order valence-electron chi connectivity index (χ2n) is 12.4. The van der Waals surface area contributed by atoms with Gasteiger partial charge < -0.3 is 10.2 Å². The van der Waals surface area contributed by atoms with Crippen molar-refractivity contribution in [2.75, 3.05) is 25.0 Å². The number of halogens is 1. The Morgan fingerprint density at radius 3 is 2.12 bits per heavy atom. The lowest BCUT2D eigenvalue weighted by atomic mass is 9.77. The molecule has 3 aromatic carbocycles. The van der Waals surface area contributed by atoms with Gasteiger partial charge in [0.05, 0.1) is 5.92 Å². The lowest BCUT2D eigenvalue weighted by Gasteiger charge is -2.39. The molecule has 0 radical (unpaired) electrons. The zero-order valence-electron chi connectivity index (χ0n) is 24.4. The van der Waals surface area contributed by atoms with Crippen LogP contribution in [0.3, 0.4) is 0 Å². The van der Waals surface area contributed by atoms with Crippen molar-refractivity contribution < 1.29 is 14.4 Å². The Morgan fingerprint density at radius 1 is 0.907 bits per heavy atom. The van der Waals surface area contributed by atoms with Gasteiger partial charge in [-0.05, 0) is 75.1 Å². The van der Waals surface area contributed by atoms with E-state index in [9.17, 15) is 14.4 Å². The largest absolute Gasteiger partial charge is 0.333 e. The summed E-state index contributed by atoms with van der Waals surface area (Å²) in [6.07, 6.45) is 6.34. The van der Waals surface area contributed by atoms with Gasteiger partial charge in [-0.15, -0.1) is 0 Å². The van der Waals surface area contributed by atoms with Gasteiger partial charge in [-0.3, -0.25) is 19.3 Å². The average Bonchev–Trinajstić information content (AvgIpc) is 3.66. The summed E-state index contributed by atoms with van der Waals surface area (Å²) < 4.78 is 0. The maximum absolute atomic E-state index is 14.7. The van der Waals surface area contributed by atoms with E-state index < -0.39 is 11.5 Å². The van der Waals surface area contributed by atoms with Crippen LogP contribution in [0.2, 0.25) is 5.02 Å². The highest BCUT2D eigenvalue weighted by atomic mass is 35.5. The topological polar surface area (TPSA) is 69.7 Å². The number of carbonyl (C=O) groups is 3. The SMILES string of the molecule is Cc1ccc(/C=C2\CN(C(=O)[C@H]3C[C@H]4CCCN4[C@]34C(=O)Nc3cc(Cl)ccc34)C/C(=C\c3ccc(C)cc3)C2=O)cc1. The Kier molecular flexibility index (Phi) is 6.87. The number of hydrogen-bond acceptors (Lipinski definition) is 4. The van der Waals surface area contributed by atoms with Crippen LogP contribution in [0.15, 0.2) is 77.9 Å². The van der Waals surface area contributed by atoms with Crippen molar-refractivity contribution in [2.24, 2.45) is 5.92 Å². The first kappa shape index (κ1) is 27.8. The molecule has 3 aromatic rings. The number of carbonyl (C=O) groups excluding carboxylic acids is 3. The van der Waals surface area contributed by atoms with Gasteiger partial charge in [0.2, 0.25) is 11.8 Å². The number of likely N-dealkylation sites (tertiary alicyclic amines) is 1.